The lowest BCUT2D eigenvalue weighted by Crippen LogP contribution is -2.50. The summed E-state index contributed by atoms with van der Waals surface area (Å²) in [5.74, 6) is 6.12. The van der Waals surface area contributed by atoms with Crippen molar-refractivity contribution < 1.29 is 23.1 Å². The Kier molecular flexibility index (Phi) is 10.1. The summed E-state index contributed by atoms with van der Waals surface area (Å²) in [7, 11) is 0. The number of carbonyl (C=O) groups excluding carboxylic acids is 2. The maximum Gasteiger partial charge on any atom is 0.346 e. The van der Waals surface area contributed by atoms with Crippen LogP contribution in [0.25, 0.3) is 17.0 Å². The van der Waals surface area contributed by atoms with Gasteiger partial charge in [0.05, 0.1) is 12.3 Å². The van der Waals surface area contributed by atoms with Gasteiger partial charge in [0.1, 0.15) is 0 Å². The standard InChI is InChI=1S/C39H40F2N8O3/c1-25-3-10-31(22-32(25)35(47-42)30-11-17-43-33(21-30)28-6-7-28)46-37(51)39(52-38(40)41)14-20-48(24-39)23-34(50)49-18-12-27(13-19-49)26-4-8-29(9-5-26)36-44-15-2-16-45-36/h2-5,8-12,15-17,21-22,28,38H,6-7,13-14,18-20,23-24,42H2,1H3,(H,46,51)/b47-35-. The summed E-state index contributed by atoms with van der Waals surface area (Å²) in [6, 6.07) is 18.9. The highest BCUT2D eigenvalue weighted by molar-refractivity contribution is 6.14. The van der Waals surface area contributed by atoms with E-state index in [1.165, 1.54) is 0 Å². The molecule has 52 heavy (non-hydrogen) atoms. The molecule has 1 saturated heterocycles. The number of nitrogens with zero attached hydrogens (tertiary/aromatic N) is 6. The Morgan fingerprint density at radius 1 is 1.02 bits per heavy atom. The molecule has 0 spiro atoms. The summed E-state index contributed by atoms with van der Waals surface area (Å²) in [5.41, 5.74) is 5.53. The van der Waals surface area contributed by atoms with Crippen LogP contribution in [0.3, 0.4) is 0 Å². The molecule has 1 aliphatic carbocycles. The summed E-state index contributed by atoms with van der Waals surface area (Å²) in [6.45, 7) is -0.263. The molecule has 11 nitrogen and oxygen atoms in total. The van der Waals surface area contributed by atoms with Crippen molar-refractivity contribution in [2.24, 2.45) is 10.9 Å². The van der Waals surface area contributed by atoms with E-state index in [-0.39, 0.29) is 32.0 Å². The number of halogens is 2. The number of hydrogen-bond acceptors (Lipinski definition) is 9. The molecule has 0 bridgehead atoms. The second kappa shape index (κ2) is 15.1. The Morgan fingerprint density at radius 2 is 1.79 bits per heavy atom. The number of hydrogen-bond donors (Lipinski definition) is 2. The fraction of sp³-hybridized carbons (Fsp3) is 0.333. The van der Waals surface area contributed by atoms with Gasteiger partial charge in [-0.25, -0.2) is 9.97 Å². The molecular formula is C39H40F2N8O3. The minimum Gasteiger partial charge on any atom is -0.338 e. The van der Waals surface area contributed by atoms with Crippen LogP contribution in [0.1, 0.15) is 59.5 Å². The number of pyridine rings is 1. The molecule has 1 saturated carbocycles. The third-order valence-corrected chi connectivity index (χ3v) is 9.97. The highest BCUT2D eigenvalue weighted by Gasteiger charge is 2.48. The lowest BCUT2D eigenvalue weighted by Gasteiger charge is -2.30. The second-order valence-electron chi connectivity index (χ2n) is 13.5. The van der Waals surface area contributed by atoms with Crippen LogP contribution in [-0.4, -0.2) is 87.2 Å². The second-order valence-corrected chi connectivity index (χ2v) is 13.5. The molecular weight excluding hydrogens is 666 g/mol. The number of nitrogens with two attached hydrogens (primary N) is 1. The van der Waals surface area contributed by atoms with Crippen molar-refractivity contribution in [1.82, 2.24) is 24.8 Å². The number of ether oxygens (including phenoxy) is 1. The average Bonchev–Trinajstić information content (AvgIpc) is 3.94. The van der Waals surface area contributed by atoms with E-state index >= 15 is 0 Å². The highest BCUT2D eigenvalue weighted by atomic mass is 19.3. The van der Waals surface area contributed by atoms with E-state index in [1.807, 2.05) is 55.5 Å². The molecule has 1 atom stereocenters. The van der Waals surface area contributed by atoms with Crippen molar-refractivity contribution in [3.63, 3.8) is 0 Å². The smallest absolute Gasteiger partial charge is 0.338 e. The molecule has 2 aliphatic heterocycles. The van der Waals surface area contributed by atoms with E-state index in [0.717, 1.165) is 46.4 Å². The minimum absolute atomic E-state index is 0.000291. The van der Waals surface area contributed by atoms with Crippen molar-refractivity contribution in [3.8, 4) is 11.4 Å². The molecule has 2 aromatic heterocycles. The predicted molar refractivity (Wildman–Crippen MR) is 193 cm³/mol. The van der Waals surface area contributed by atoms with Crippen LogP contribution < -0.4 is 11.2 Å². The van der Waals surface area contributed by atoms with E-state index in [9.17, 15) is 18.4 Å². The Hall–Kier alpha value is -5.40. The number of rotatable bonds is 11. The van der Waals surface area contributed by atoms with Crippen LogP contribution in [0.4, 0.5) is 14.5 Å². The van der Waals surface area contributed by atoms with E-state index in [4.69, 9.17) is 10.6 Å². The van der Waals surface area contributed by atoms with Gasteiger partial charge in [0.2, 0.25) is 5.91 Å². The zero-order chi connectivity index (χ0) is 36.2. The molecule has 3 aliphatic rings. The number of hydrazone groups is 1. The minimum atomic E-state index is -3.18. The van der Waals surface area contributed by atoms with Crippen molar-refractivity contribution in [1.29, 1.82) is 0 Å². The van der Waals surface area contributed by atoms with Crippen molar-refractivity contribution in [2.75, 3.05) is 38.0 Å². The summed E-state index contributed by atoms with van der Waals surface area (Å²) < 4.78 is 32.6. The van der Waals surface area contributed by atoms with Gasteiger partial charge in [-0.3, -0.25) is 19.5 Å². The zero-order valence-corrected chi connectivity index (χ0v) is 28.8. The monoisotopic (exact) mass is 706 g/mol. The Morgan fingerprint density at radius 3 is 2.48 bits per heavy atom. The first kappa shape index (κ1) is 35.0. The largest absolute Gasteiger partial charge is 0.346 e. The normalized spacial score (nSPS) is 19.5. The molecule has 2 amide bonds. The molecule has 7 rings (SSSR count). The average molecular weight is 707 g/mol. The molecule has 0 radical (unpaired) electrons. The summed E-state index contributed by atoms with van der Waals surface area (Å²) in [4.78, 5) is 43.6. The number of likely N-dealkylation sites (tertiary alicyclic amines) is 1. The highest BCUT2D eigenvalue weighted by Crippen LogP contribution is 2.39. The molecule has 2 fully saturated rings. The quantitative estimate of drug-likeness (QED) is 0.121. The molecule has 268 valence electrons. The maximum absolute atomic E-state index is 13.8. The molecule has 4 aromatic rings. The van der Waals surface area contributed by atoms with Crippen molar-refractivity contribution in [3.05, 3.63) is 113 Å². The lowest BCUT2D eigenvalue weighted by molar-refractivity contribution is -0.204. The predicted octanol–water partition coefficient (Wildman–Crippen LogP) is 5.37. The number of nitrogens with one attached hydrogen (secondary N) is 1. The van der Waals surface area contributed by atoms with Gasteiger partial charge in [-0.2, -0.15) is 13.9 Å². The Balaban J connectivity index is 0.989. The number of carbonyl (C=O) groups is 2. The first-order chi connectivity index (χ1) is 25.2. The summed E-state index contributed by atoms with van der Waals surface area (Å²) in [5, 5.41) is 6.87. The van der Waals surface area contributed by atoms with Gasteiger partial charge in [-0.15, -0.1) is 0 Å². The maximum atomic E-state index is 13.8. The summed E-state index contributed by atoms with van der Waals surface area (Å²) >= 11 is 0. The Bertz CT molecular complexity index is 2000. The Labute approximate surface area is 300 Å². The third kappa shape index (κ3) is 7.75. The number of alkyl halides is 2. The van der Waals surface area contributed by atoms with Crippen molar-refractivity contribution >= 4 is 28.8 Å². The van der Waals surface area contributed by atoms with E-state index < -0.39 is 18.1 Å². The fourth-order valence-corrected chi connectivity index (χ4v) is 6.93. The van der Waals surface area contributed by atoms with E-state index in [0.29, 0.717) is 48.2 Å². The van der Waals surface area contributed by atoms with Gasteiger partial charge in [0.25, 0.3) is 5.91 Å². The van der Waals surface area contributed by atoms with Crippen LogP contribution in [0.2, 0.25) is 0 Å². The molecule has 13 heteroatoms. The van der Waals surface area contributed by atoms with Crippen LogP contribution in [0, 0.1) is 6.92 Å². The SMILES string of the molecule is Cc1ccc(NC(=O)C2(OC(F)F)CCN(CC(=O)N3CC=C(c4ccc(-c5ncccn5)cc4)CC3)C2)cc1/C(=N\N)c1ccnc(C2CC2)c1. The topological polar surface area (TPSA) is 139 Å². The number of amides is 2. The van der Waals surface area contributed by atoms with Crippen LogP contribution in [0.5, 0.6) is 0 Å². The third-order valence-electron chi connectivity index (χ3n) is 9.97. The first-order valence-electron chi connectivity index (χ1n) is 17.4. The molecule has 2 aromatic carbocycles. The molecule has 1 unspecified atom stereocenters. The van der Waals surface area contributed by atoms with Crippen LogP contribution in [-0.2, 0) is 14.3 Å². The fourth-order valence-electron chi connectivity index (χ4n) is 6.93. The van der Waals surface area contributed by atoms with Gasteiger partial charge >= 0.3 is 6.61 Å². The van der Waals surface area contributed by atoms with E-state index in [2.05, 4.69) is 25.4 Å². The van der Waals surface area contributed by atoms with E-state index in [1.54, 1.807) is 46.6 Å². The summed E-state index contributed by atoms with van der Waals surface area (Å²) in [6.07, 6.45) is 10.0. The molecule has 4 heterocycles. The van der Waals surface area contributed by atoms with Crippen LogP contribution in [0.15, 0.2) is 90.4 Å². The first-order valence-corrected chi connectivity index (χ1v) is 17.4. The van der Waals surface area contributed by atoms with Gasteiger partial charge in [-0.1, -0.05) is 36.4 Å². The van der Waals surface area contributed by atoms with Gasteiger partial charge in [-0.05, 0) is 79.6 Å². The number of benzene rings is 2. The number of anilines is 1. The van der Waals surface area contributed by atoms with Gasteiger partial charge < -0.3 is 20.8 Å². The molecule has 3 N–H and O–H groups in total. The van der Waals surface area contributed by atoms with Crippen LogP contribution >= 0.6 is 0 Å². The number of aryl methyl sites for hydroxylation is 1. The van der Waals surface area contributed by atoms with Crippen molar-refractivity contribution in [2.45, 2.75) is 50.7 Å². The zero-order valence-electron chi connectivity index (χ0n) is 28.8. The lowest BCUT2D eigenvalue weighted by atomic mass is 9.96. The van der Waals surface area contributed by atoms with Gasteiger partial charge in [0, 0.05) is 78.8 Å². The van der Waals surface area contributed by atoms with Gasteiger partial charge in [0.15, 0.2) is 11.4 Å². The number of aromatic nitrogens is 3.